The highest BCUT2D eigenvalue weighted by atomic mass is 32.1. The predicted molar refractivity (Wildman–Crippen MR) is 59.7 cm³/mol. The van der Waals surface area contributed by atoms with Crippen molar-refractivity contribution in [3.63, 3.8) is 0 Å². The number of aromatic nitrogens is 3. The molecule has 0 saturated heterocycles. The maximum Gasteiger partial charge on any atom is 0.434 e. The molecule has 0 aliphatic carbocycles. The summed E-state index contributed by atoms with van der Waals surface area (Å²) in [6.45, 7) is 1.67. The summed E-state index contributed by atoms with van der Waals surface area (Å²) in [6, 6.07) is 0. The van der Waals surface area contributed by atoms with Crippen LogP contribution in [0.25, 0.3) is 0 Å². The van der Waals surface area contributed by atoms with Gasteiger partial charge in [-0.25, -0.2) is 4.98 Å². The van der Waals surface area contributed by atoms with E-state index in [1.165, 1.54) is 0 Å². The fourth-order valence-corrected chi connectivity index (χ4v) is 2.40. The molecule has 0 atom stereocenters. The average molecular weight is 294 g/mol. The lowest BCUT2D eigenvalue weighted by Gasteiger charge is -2.05. The molecule has 18 heavy (non-hydrogen) atoms. The van der Waals surface area contributed by atoms with Gasteiger partial charge in [0.1, 0.15) is 9.88 Å². The number of aryl methyl sites for hydroxylation is 1. The van der Waals surface area contributed by atoms with Crippen LogP contribution in [-0.4, -0.2) is 21.1 Å². The summed E-state index contributed by atoms with van der Waals surface area (Å²) in [5.41, 5.74) is -0.213. The summed E-state index contributed by atoms with van der Waals surface area (Å²) in [5.74, 6) is -0.888. The van der Waals surface area contributed by atoms with Crippen molar-refractivity contribution >= 4 is 33.7 Å². The molecule has 2 rings (SSSR count). The van der Waals surface area contributed by atoms with Crippen LogP contribution in [0.1, 0.15) is 20.4 Å². The van der Waals surface area contributed by atoms with Crippen LogP contribution in [0.2, 0.25) is 0 Å². The molecule has 0 aliphatic heterocycles. The molecule has 1 N–H and O–H groups in total. The first-order valence-corrected chi connectivity index (χ1v) is 6.19. The molecule has 0 aromatic carbocycles. The molecule has 1 amide bonds. The van der Waals surface area contributed by atoms with Gasteiger partial charge in [0.2, 0.25) is 5.13 Å². The van der Waals surface area contributed by atoms with Crippen molar-refractivity contribution < 1.29 is 18.0 Å². The first kappa shape index (κ1) is 12.9. The Labute approximate surface area is 107 Å². The Morgan fingerprint density at radius 1 is 1.39 bits per heavy atom. The molecule has 0 spiro atoms. The predicted octanol–water partition coefficient (Wildman–Crippen LogP) is 2.57. The van der Waals surface area contributed by atoms with E-state index in [4.69, 9.17) is 0 Å². The van der Waals surface area contributed by atoms with E-state index in [0.717, 1.165) is 16.8 Å². The van der Waals surface area contributed by atoms with Crippen molar-refractivity contribution in [2.75, 3.05) is 5.32 Å². The Morgan fingerprint density at radius 3 is 2.67 bits per heavy atom. The van der Waals surface area contributed by atoms with Crippen molar-refractivity contribution in [3.8, 4) is 0 Å². The van der Waals surface area contributed by atoms with E-state index < -0.39 is 22.7 Å². The highest BCUT2D eigenvalue weighted by Gasteiger charge is 2.38. The van der Waals surface area contributed by atoms with Crippen LogP contribution < -0.4 is 5.32 Å². The Morgan fingerprint density at radius 2 is 2.11 bits per heavy atom. The van der Waals surface area contributed by atoms with E-state index in [1.54, 1.807) is 6.92 Å². The maximum absolute atomic E-state index is 12.5. The third-order valence-corrected chi connectivity index (χ3v) is 3.37. The molecule has 0 unspecified atom stereocenters. The van der Waals surface area contributed by atoms with Crippen molar-refractivity contribution in [1.82, 2.24) is 15.2 Å². The average Bonchev–Trinajstić information content (AvgIpc) is 2.85. The number of alkyl halides is 3. The fraction of sp³-hybridized carbons (Fsp3) is 0.250. The van der Waals surface area contributed by atoms with Crippen LogP contribution in [-0.2, 0) is 6.18 Å². The number of carbonyl (C=O) groups excluding carboxylic acids is 1. The van der Waals surface area contributed by atoms with Gasteiger partial charge in [-0.15, -0.1) is 21.5 Å². The number of anilines is 1. The Bertz CT molecular complexity index is 577. The molecule has 0 bridgehead atoms. The first-order valence-electron chi connectivity index (χ1n) is 4.50. The Balaban J connectivity index is 2.22. The number of halogens is 3. The second kappa shape index (κ2) is 4.61. The zero-order valence-corrected chi connectivity index (χ0v) is 10.4. The Hall–Kier alpha value is -1.55. The van der Waals surface area contributed by atoms with Gasteiger partial charge in [0.15, 0.2) is 5.69 Å². The van der Waals surface area contributed by atoms with Crippen LogP contribution >= 0.6 is 22.7 Å². The second-order valence-electron chi connectivity index (χ2n) is 3.11. The Kier molecular flexibility index (Phi) is 3.30. The minimum absolute atomic E-state index is 0.152. The summed E-state index contributed by atoms with van der Waals surface area (Å²) in [5, 5.41) is 10.2. The molecular formula is C8H5F3N4OS2. The molecule has 96 valence electrons. The molecule has 5 nitrogen and oxygen atoms in total. The third-order valence-electron chi connectivity index (χ3n) is 1.79. The number of carbonyl (C=O) groups is 1. The third kappa shape index (κ3) is 2.64. The number of rotatable bonds is 2. The summed E-state index contributed by atoms with van der Waals surface area (Å²) in [4.78, 5) is 14.3. The van der Waals surface area contributed by atoms with Crippen molar-refractivity contribution in [2.45, 2.75) is 13.1 Å². The lowest BCUT2D eigenvalue weighted by molar-refractivity contribution is -0.141. The van der Waals surface area contributed by atoms with Crippen LogP contribution in [0.3, 0.4) is 0 Å². The van der Waals surface area contributed by atoms with Crippen LogP contribution in [0.5, 0.6) is 0 Å². The zero-order valence-electron chi connectivity index (χ0n) is 8.78. The van der Waals surface area contributed by atoms with Gasteiger partial charge in [0, 0.05) is 0 Å². The maximum atomic E-state index is 12.5. The molecule has 0 aliphatic rings. The van der Waals surface area contributed by atoms with E-state index in [9.17, 15) is 18.0 Å². The molecule has 0 radical (unpaired) electrons. The van der Waals surface area contributed by atoms with Gasteiger partial charge in [-0.2, -0.15) is 13.2 Å². The number of thiazole rings is 1. The van der Waals surface area contributed by atoms with Gasteiger partial charge in [-0.05, 0) is 6.92 Å². The van der Waals surface area contributed by atoms with E-state index in [1.807, 2.05) is 0 Å². The number of nitrogens with one attached hydrogen (secondary N) is 1. The highest BCUT2D eigenvalue weighted by Crippen LogP contribution is 2.33. The smallest absolute Gasteiger partial charge is 0.296 e. The minimum Gasteiger partial charge on any atom is -0.296 e. The molecule has 2 aromatic heterocycles. The van der Waals surface area contributed by atoms with Crippen LogP contribution in [0.4, 0.5) is 18.3 Å². The van der Waals surface area contributed by atoms with Crippen molar-refractivity contribution in [3.05, 3.63) is 21.1 Å². The lowest BCUT2D eigenvalue weighted by atomic mass is 10.3. The molecule has 0 saturated carbocycles. The number of hydrogen-bond acceptors (Lipinski definition) is 6. The summed E-state index contributed by atoms with van der Waals surface area (Å²) in [7, 11) is 0. The topological polar surface area (TPSA) is 67.8 Å². The second-order valence-corrected chi connectivity index (χ2v) is 5.14. The fourth-order valence-electron chi connectivity index (χ4n) is 1.11. The van der Waals surface area contributed by atoms with Gasteiger partial charge < -0.3 is 0 Å². The minimum atomic E-state index is -4.65. The largest absolute Gasteiger partial charge is 0.434 e. The molecule has 2 heterocycles. The van der Waals surface area contributed by atoms with Crippen molar-refractivity contribution in [2.24, 2.45) is 0 Å². The van der Waals surface area contributed by atoms with E-state index in [-0.39, 0.29) is 5.13 Å². The summed E-state index contributed by atoms with van der Waals surface area (Å²) in [6.07, 6.45) is -4.65. The van der Waals surface area contributed by atoms with E-state index in [0.29, 0.717) is 16.3 Å². The lowest BCUT2D eigenvalue weighted by Crippen LogP contribution is -2.17. The highest BCUT2D eigenvalue weighted by molar-refractivity contribution is 7.15. The van der Waals surface area contributed by atoms with E-state index >= 15 is 0 Å². The quantitative estimate of drug-likeness (QED) is 0.924. The molecule has 2 aromatic rings. The molecular weight excluding hydrogens is 289 g/mol. The summed E-state index contributed by atoms with van der Waals surface area (Å²) < 4.78 is 37.6. The van der Waals surface area contributed by atoms with Crippen LogP contribution in [0, 0.1) is 6.92 Å². The number of hydrogen-bond donors (Lipinski definition) is 1. The normalized spacial score (nSPS) is 11.6. The van der Waals surface area contributed by atoms with Crippen molar-refractivity contribution in [1.29, 1.82) is 0 Å². The molecule has 0 fully saturated rings. The van der Waals surface area contributed by atoms with Gasteiger partial charge in [-0.3, -0.25) is 10.1 Å². The van der Waals surface area contributed by atoms with Gasteiger partial charge in [0.05, 0.1) is 5.51 Å². The number of nitrogens with zero attached hydrogens (tertiary/aromatic N) is 3. The number of amides is 1. The zero-order chi connectivity index (χ0) is 13.3. The van der Waals surface area contributed by atoms with Gasteiger partial charge >= 0.3 is 6.18 Å². The monoisotopic (exact) mass is 294 g/mol. The standard InChI is InChI=1S/C8H5F3N4OS2/c1-3-14-15-7(18-3)13-6(16)4-5(8(9,10)11)12-2-17-4/h2H,1H3,(H,13,15,16). The van der Waals surface area contributed by atoms with E-state index in [2.05, 4.69) is 20.5 Å². The van der Waals surface area contributed by atoms with Crippen LogP contribution in [0.15, 0.2) is 5.51 Å². The van der Waals surface area contributed by atoms with Gasteiger partial charge in [0.25, 0.3) is 5.91 Å². The molecule has 10 heteroatoms. The van der Waals surface area contributed by atoms with Gasteiger partial charge in [-0.1, -0.05) is 11.3 Å². The SMILES string of the molecule is Cc1nnc(NC(=O)c2scnc2C(F)(F)F)s1. The first-order chi connectivity index (χ1) is 8.38. The summed E-state index contributed by atoms with van der Waals surface area (Å²) >= 11 is 1.70.